The first kappa shape index (κ1) is 21.3. The second-order valence-corrected chi connectivity index (χ2v) is 7.44. The molecular formula is C19H30BrN3O3. The van der Waals surface area contributed by atoms with Gasteiger partial charge in [-0.05, 0) is 38.6 Å². The van der Waals surface area contributed by atoms with Gasteiger partial charge in [-0.15, -0.1) is 0 Å². The van der Waals surface area contributed by atoms with E-state index in [1.807, 2.05) is 19.1 Å². The van der Waals surface area contributed by atoms with Gasteiger partial charge < -0.3 is 19.7 Å². The Hall–Kier alpha value is -0.990. The summed E-state index contributed by atoms with van der Waals surface area (Å²) < 4.78 is 11.7. The van der Waals surface area contributed by atoms with Crippen LogP contribution >= 0.6 is 15.9 Å². The number of piperazine rings is 1. The van der Waals surface area contributed by atoms with E-state index in [1.54, 1.807) is 6.92 Å². The maximum absolute atomic E-state index is 12.2. The van der Waals surface area contributed by atoms with E-state index in [2.05, 4.69) is 44.2 Å². The van der Waals surface area contributed by atoms with E-state index < -0.39 is 6.10 Å². The molecule has 1 saturated heterocycles. The van der Waals surface area contributed by atoms with Crippen molar-refractivity contribution in [2.75, 3.05) is 58.4 Å². The van der Waals surface area contributed by atoms with Crippen LogP contribution in [0.15, 0.2) is 22.7 Å². The molecule has 1 N–H and O–H groups in total. The summed E-state index contributed by atoms with van der Waals surface area (Å²) in [6.07, 6.45) is -0.515. The molecule has 1 fully saturated rings. The van der Waals surface area contributed by atoms with Gasteiger partial charge in [0.2, 0.25) is 0 Å². The number of hydrogen-bond acceptors (Lipinski definition) is 5. The van der Waals surface area contributed by atoms with Gasteiger partial charge in [0.05, 0.1) is 13.2 Å². The van der Waals surface area contributed by atoms with Gasteiger partial charge in [0, 0.05) is 49.5 Å². The highest BCUT2D eigenvalue weighted by molar-refractivity contribution is 9.10. The number of carbonyl (C=O) groups excluding carboxylic acids is 1. The van der Waals surface area contributed by atoms with Crippen LogP contribution in [0.2, 0.25) is 0 Å². The van der Waals surface area contributed by atoms with Gasteiger partial charge in [0.25, 0.3) is 5.91 Å². The number of nitrogens with one attached hydrogen (secondary N) is 1. The second-order valence-electron chi connectivity index (χ2n) is 6.58. The summed E-state index contributed by atoms with van der Waals surface area (Å²) in [6, 6.07) is 5.97. The van der Waals surface area contributed by atoms with Crippen LogP contribution in [0.4, 0.5) is 5.69 Å². The van der Waals surface area contributed by atoms with E-state index >= 15 is 0 Å². The van der Waals surface area contributed by atoms with Gasteiger partial charge in [-0.25, -0.2) is 0 Å². The van der Waals surface area contributed by atoms with Crippen molar-refractivity contribution in [3.8, 4) is 0 Å². The van der Waals surface area contributed by atoms with Crippen molar-refractivity contribution < 1.29 is 14.3 Å². The Morgan fingerprint density at radius 2 is 2.00 bits per heavy atom. The first-order valence-corrected chi connectivity index (χ1v) is 9.98. The monoisotopic (exact) mass is 427 g/mol. The highest BCUT2D eigenvalue weighted by Gasteiger charge is 2.16. The molecule has 1 unspecified atom stereocenters. The predicted molar refractivity (Wildman–Crippen MR) is 107 cm³/mol. The van der Waals surface area contributed by atoms with Crippen molar-refractivity contribution in [3.05, 3.63) is 28.2 Å². The summed E-state index contributed by atoms with van der Waals surface area (Å²) in [4.78, 5) is 17.0. The normalized spacial score (nSPS) is 17.2. The van der Waals surface area contributed by atoms with E-state index in [9.17, 15) is 4.79 Å². The van der Waals surface area contributed by atoms with Crippen LogP contribution in [0, 0.1) is 0 Å². The number of amides is 1. The molecular weight excluding hydrogens is 398 g/mol. The molecule has 0 saturated carbocycles. The molecule has 0 radical (unpaired) electrons. The largest absolute Gasteiger partial charge is 0.379 e. The maximum atomic E-state index is 12.2. The lowest BCUT2D eigenvalue weighted by Gasteiger charge is -2.32. The molecule has 0 aromatic heterocycles. The Morgan fingerprint density at radius 3 is 2.65 bits per heavy atom. The van der Waals surface area contributed by atoms with Gasteiger partial charge in [-0.2, -0.15) is 0 Å². The molecule has 26 heavy (non-hydrogen) atoms. The summed E-state index contributed by atoms with van der Waals surface area (Å²) in [5, 5.41) is 2.91. The second kappa shape index (κ2) is 11.0. The lowest BCUT2D eigenvalue weighted by Crippen LogP contribution is -2.43. The third-order valence-electron chi connectivity index (χ3n) is 4.48. The first-order valence-electron chi connectivity index (χ1n) is 9.19. The van der Waals surface area contributed by atoms with E-state index in [0.29, 0.717) is 19.8 Å². The van der Waals surface area contributed by atoms with Crippen LogP contribution in [-0.4, -0.2) is 74.9 Å². The minimum absolute atomic E-state index is 0.153. The summed E-state index contributed by atoms with van der Waals surface area (Å²) in [5.41, 5.74) is 2.00. The van der Waals surface area contributed by atoms with E-state index in [4.69, 9.17) is 9.47 Å². The van der Waals surface area contributed by atoms with Crippen LogP contribution in [0.3, 0.4) is 0 Å². The molecule has 146 valence electrons. The number of hydrogen-bond donors (Lipinski definition) is 1. The minimum atomic E-state index is -0.515. The van der Waals surface area contributed by atoms with Gasteiger partial charge in [0.1, 0.15) is 6.10 Å². The molecule has 2 rings (SSSR count). The fraction of sp³-hybridized carbons (Fsp3) is 0.632. The van der Waals surface area contributed by atoms with E-state index in [1.165, 1.54) is 5.56 Å². The van der Waals surface area contributed by atoms with Crippen molar-refractivity contribution in [3.63, 3.8) is 0 Å². The molecule has 0 spiro atoms. The Kier molecular flexibility index (Phi) is 9.01. The van der Waals surface area contributed by atoms with E-state index in [0.717, 1.165) is 42.9 Å². The topological polar surface area (TPSA) is 54.0 Å². The van der Waals surface area contributed by atoms with Crippen LogP contribution in [-0.2, 0) is 20.8 Å². The third-order valence-corrected chi connectivity index (χ3v) is 5.22. The van der Waals surface area contributed by atoms with Crippen molar-refractivity contribution in [1.29, 1.82) is 0 Å². The molecule has 1 atom stereocenters. The van der Waals surface area contributed by atoms with Crippen molar-refractivity contribution in [2.24, 2.45) is 0 Å². The molecule has 1 amide bonds. The van der Waals surface area contributed by atoms with Crippen LogP contribution < -0.4 is 5.32 Å². The molecule has 7 heteroatoms. The van der Waals surface area contributed by atoms with Crippen LogP contribution in [0.1, 0.15) is 19.4 Å². The number of likely N-dealkylation sites (N-methyl/N-ethyl adjacent to an activating group) is 1. The zero-order valence-electron chi connectivity index (χ0n) is 16.0. The average molecular weight is 428 g/mol. The standard InChI is InChI=1S/C19H30BrN3O3/c1-4-25-11-12-26-15(2)19(24)21-17-6-5-16(18(20)13-17)14-23-9-7-22(3)8-10-23/h5-6,13,15H,4,7-12,14H2,1-3H3,(H,21,24). The fourth-order valence-electron chi connectivity index (χ4n) is 2.75. The summed E-state index contributed by atoms with van der Waals surface area (Å²) in [6.45, 7) is 10.5. The summed E-state index contributed by atoms with van der Waals surface area (Å²) >= 11 is 3.64. The number of benzene rings is 1. The SMILES string of the molecule is CCOCCOC(C)C(=O)Nc1ccc(CN2CCN(C)CC2)c(Br)c1. The predicted octanol–water partition coefficient (Wildman–Crippen LogP) is 2.58. The van der Waals surface area contributed by atoms with Crippen molar-refractivity contribution in [2.45, 2.75) is 26.5 Å². The van der Waals surface area contributed by atoms with Gasteiger partial charge in [0.15, 0.2) is 0 Å². The zero-order chi connectivity index (χ0) is 18.9. The molecule has 1 aromatic rings. The maximum Gasteiger partial charge on any atom is 0.253 e. The smallest absolute Gasteiger partial charge is 0.253 e. The van der Waals surface area contributed by atoms with Gasteiger partial charge >= 0.3 is 0 Å². The molecule has 0 aliphatic carbocycles. The minimum Gasteiger partial charge on any atom is -0.379 e. The molecule has 1 aromatic carbocycles. The first-order chi connectivity index (χ1) is 12.5. The molecule has 1 heterocycles. The third kappa shape index (κ3) is 6.96. The van der Waals surface area contributed by atoms with Crippen molar-refractivity contribution in [1.82, 2.24) is 9.80 Å². The number of nitrogens with zero attached hydrogens (tertiary/aromatic N) is 2. The number of rotatable bonds is 9. The lowest BCUT2D eigenvalue weighted by molar-refractivity contribution is -0.127. The molecule has 1 aliphatic rings. The van der Waals surface area contributed by atoms with Crippen LogP contribution in [0.5, 0.6) is 0 Å². The number of halogens is 1. The Labute approximate surface area is 164 Å². The van der Waals surface area contributed by atoms with Gasteiger partial charge in [-0.1, -0.05) is 22.0 Å². The van der Waals surface area contributed by atoms with Crippen LogP contribution in [0.25, 0.3) is 0 Å². The molecule has 6 nitrogen and oxygen atoms in total. The quantitative estimate of drug-likeness (QED) is 0.613. The molecule has 0 bridgehead atoms. The highest BCUT2D eigenvalue weighted by Crippen LogP contribution is 2.23. The summed E-state index contributed by atoms with van der Waals surface area (Å²) in [7, 11) is 2.16. The Balaban J connectivity index is 1.83. The Morgan fingerprint density at radius 1 is 1.27 bits per heavy atom. The zero-order valence-corrected chi connectivity index (χ0v) is 17.5. The summed E-state index contributed by atoms with van der Waals surface area (Å²) in [5.74, 6) is -0.153. The fourth-order valence-corrected chi connectivity index (χ4v) is 3.25. The van der Waals surface area contributed by atoms with E-state index in [-0.39, 0.29) is 5.91 Å². The molecule has 1 aliphatic heterocycles. The highest BCUT2D eigenvalue weighted by atomic mass is 79.9. The van der Waals surface area contributed by atoms with Crippen molar-refractivity contribution >= 4 is 27.5 Å². The Bertz CT molecular complexity index is 577. The number of carbonyl (C=O) groups is 1. The lowest BCUT2D eigenvalue weighted by atomic mass is 10.1. The average Bonchev–Trinajstić information content (AvgIpc) is 2.62. The number of ether oxygens (including phenoxy) is 2. The van der Waals surface area contributed by atoms with Gasteiger partial charge in [-0.3, -0.25) is 9.69 Å². The number of anilines is 1.